The Labute approximate surface area is 156 Å². The minimum Gasteiger partial charge on any atom is -0.377 e. The van der Waals surface area contributed by atoms with Crippen LogP contribution in [-0.2, 0) is 16.1 Å². The molecule has 0 aromatic carbocycles. The van der Waals surface area contributed by atoms with Crippen molar-refractivity contribution in [1.29, 1.82) is 0 Å². The number of aryl methyl sites for hydroxylation is 1. The van der Waals surface area contributed by atoms with Crippen LogP contribution in [0.1, 0.15) is 49.8 Å². The normalized spacial score (nSPS) is 23.3. The van der Waals surface area contributed by atoms with E-state index in [0.717, 1.165) is 38.1 Å². The minimum atomic E-state index is 0.160. The molecule has 1 aliphatic heterocycles. The molecule has 3 rings (SSSR count). The molecule has 2 atom stereocenters. The van der Waals surface area contributed by atoms with Gasteiger partial charge in [-0.05, 0) is 49.3 Å². The number of carbonyl (C=O) groups is 1. The molecular weight excluding hydrogens is 326 g/mol. The highest BCUT2D eigenvalue weighted by molar-refractivity contribution is 5.76. The lowest BCUT2D eigenvalue weighted by Crippen LogP contribution is -2.41. The Balaban J connectivity index is 1.47. The lowest BCUT2D eigenvalue weighted by Gasteiger charge is -2.32. The smallest absolute Gasteiger partial charge is 0.220 e. The van der Waals surface area contributed by atoms with Gasteiger partial charge in [0.05, 0.1) is 13.2 Å². The first-order chi connectivity index (χ1) is 12.7. The number of hydrogen-bond donors (Lipinski definition) is 2. The maximum atomic E-state index is 12.4. The van der Waals surface area contributed by atoms with Crippen LogP contribution in [-0.4, -0.2) is 36.7 Å². The zero-order chi connectivity index (χ0) is 18.2. The molecule has 2 aliphatic rings. The van der Waals surface area contributed by atoms with E-state index in [1.165, 1.54) is 24.0 Å². The number of hydrogen-bond acceptors (Lipinski definition) is 4. The summed E-state index contributed by atoms with van der Waals surface area (Å²) in [6.07, 6.45) is 10.3. The van der Waals surface area contributed by atoms with Gasteiger partial charge in [0.1, 0.15) is 0 Å². The Hall–Kier alpha value is -1.72. The molecule has 5 heteroatoms. The van der Waals surface area contributed by atoms with Crippen molar-refractivity contribution in [2.75, 3.05) is 19.8 Å². The molecule has 0 unspecified atom stereocenters. The van der Waals surface area contributed by atoms with Crippen LogP contribution in [0, 0.1) is 12.8 Å². The van der Waals surface area contributed by atoms with Crippen molar-refractivity contribution in [3.63, 3.8) is 0 Å². The van der Waals surface area contributed by atoms with E-state index in [1.54, 1.807) is 0 Å². The molecule has 1 aromatic rings. The predicted molar refractivity (Wildman–Crippen MR) is 103 cm³/mol. The highest BCUT2D eigenvalue weighted by atomic mass is 16.5. The monoisotopic (exact) mass is 357 g/mol. The van der Waals surface area contributed by atoms with Gasteiger partial charge in [-0.1, -0.05) is 25.0 Å². The number of nitrogens with one attached hydrogen (secondary N) is 2. The zero-order valence-corrected chi connectivity index (χ0v) is 15.8. The highest BCUT2D eigenvalue weighted by Crippen LogP contribution is 2.27. The number of ether oxygens (including phenoxy) is 1. The van der Waals surface area contributed by atoms with Gasteiger partial charge in [0.25, 0.3) is 0 Å². The SMILES string of the molecule is Cc1ncccc1CN[C@H]1CCCC[C@H]1CC(=O)NCC1=CCCOC1. The summed E-state index contributed by atoms with van der Waals surface area (Å²) in [5.41, 5.74) is 3.51. The molecule has 2 heterocycles. The van der Waals surface area contributed by atoms with Gasteiger partial charge in [-0.2, -0.15) is 0 Å². The molecule has 0 saturated heterocycles. The molecule has 0 radical (unpaired) electrons. The van der Waals surface area contributed by atoms with Crippen LogP contribution < -0.4 is 10.6 Å². The molecule has 0 spiro atoms. The first kappa shape index (κ1) is 19.1. The standard InChI is InChI=1S/C21H31N3O2/c1-16-19(8-4-10-22-16)14-23-20-9-3-2-7-18(20)12-21(25)24-13-17-6-5-11-26-15-17/h4,6,8,10,18,20,23H,2-3,5,7,9,11-15H2,1H3,(H,24,25)/t18-,20-/m0/s1. The first-order valence-electron chi connectivity index (χ1n) is 9.88. The van der Waals surface area contributed by atoms with Crippen molar-refractivity contribution < 1.29 is 9.53 Å². The average Bonchev–Trinajstić information content (AvgIpc) is 2.68. The largest absolute Gasteiger partial charge is 0.377 e. The first-order valence-corrected chi connectivity index (χ1v) is 9.88. The predicted octanol–water partition coefficient (Wildman–Crippen LogP) is 2.89. The van der Waals surface area contributed by atoms with Gasteiger partial charge in [-0.3, -0.25) is 9.78 Å². The third-order valence-corrected chi connectivity index (χ3v) is 5.52. The third-order valence-electron chi connectivity index (χ3n) is 5.52. The topological polar surface area (TPSA) is 63.2 Å². The maximum absolute atomic E-state index is 12.4. The van der Waals surface area contributed by atoms with E-state index in [2.05, 4.69) is 27.8 Å². The van der Waals surface area contributed by atoms with Crippen molar-refractivity contribution in [1.82, 2.24) is 15.6 Å². The molecule has 0 bridgehead atoms. The lowest BCUT2D eigenvalue weighted by molar-refractivity contribution is -0.122. The van der Waals surface area contributed by atoms with E-state index in [0.29, 0.717) is 31.5 Å². The molecule has 1 saturated carbocycles. The number of carbonyl (C=O) groups excluding carboxylic acids is 1. The number of aromatic nitrogens is 1. The quantitative estimate of drug-likeness (QED) is 0.737. The van der Waals surface area contributed by atoms with Crippen molar-refractivity contribution in [3.05, 3.63) is 41.2 Å². The Morgan fingerprint density at radius 2 is 2.19 bits per heavy atom. The summed E-state index contributed by atoms with van der Waals surface area (Å²) in [5.74, 6) is 0.574. The molecule has 1 aliphatic carbocycles. The van der Waals surface area contributed by atoms with Crippen LogP contribution in [0.5, 0.6) is 0 Å². The molecule has 5 nitrogen and oxygen atoms in total. The summed E-state index contributed by atoms with van der Waals surface area (Å²) in [6.45, 7) is 4.94. The van der Waals surface area contributed by atoms with Gasteiger partial charge in [0.2, 0.25) is 5.91 Å². The summed E-state index contributed by atoms with van der Waals surface area (Å²) in [6, 6.07) is 4.52. The highest BCUT2D eigenvalue weighted by Gasteiger charge is 2.26. The summed E-state index contributed by atoms with van der Waals surface area (Å²) in [7, 11) is 0. The average molecular weight is 357 g/mol. The Morgan fingerprint density at radius 1 is 1.31 bits per heavy atom. The van der Waals surface area contributed by atoms with E-state index in [4.69, 9.17) is 4.74 Å². The molecule has 1 aromatic heterocycles. The molecule has 142 valence electrons. The number of amides is 1. The van der Waals surface area contributed by atoms with Crippen molar-refractivity contribution in [3.8, 4) is 0 Å². The van der Waals surface area contributed by atoms with Crippen LogP contribution in [0.25, 0.3) is 0 Å². The van der Waals surface area contributed by atoms with Gasteiger partial charge in [-0.15, -0.1) is 0 Å². The maximum Gasteiger partial charge on any atom is 0.220 e. The summed E-state index contributed by atoms with van der Waals surface area (Å²) in [4.78, 5) is 16.8. The van der Waals surface area contributed by atoms with Crippen molar-refractivity contribution in [2.45, 2.75) is 58.0 Å². The van der Waals surface area contributed by atoms with Crippen LogP contribution in [0.15, 0.2) is 30.0 Å². The fourth-order valence-electron chi connectivity index (χ4n) is 3.92. The van der Waals surface area contributed by atoms with Crippen LogP contribution >= 0.6 is 0 Å². The van der Waals surface area contributed by atoms with Gasteiger partial charge in [0, 0.05) is 37.4 Å². The second-order valence-corrected chi connectivity index (χ2v) is 7.46. The van der Waals surface area contributed by atoms with E-state index < -0.39 is 0 Å². The minimum absolute atomic E-state index is 0.160. The second-order valence-electron chi connectivity index (χ2n) is 7.46. The van der Waals surface area contributed by atoms with Gasteiger partial charge >= 0.3 is 0 Å². The van der Waals surface area contributed by atoms with E-state index >= 15 is 0 Å². The van der Waals surface area contributed by atoms with Gasteiger partial charge in [-0.25, -0.2) is 0 Å². The van der Waals surface area contributed by atoms with Crippen molar-refractivity contribution in [2.24, 2.45) is 5.92 Å². The summed E-state index contributed by atoms with van der Waals surface area (Å²) >= 11 is 0. The Bertz CT molecular complexity index is 629. The zero-order valence-electron chi connectivity index (χ0n) is 15.8. The van der Waals surface area contributed by atoms with Gasteiger partial charge in [0.15, 0.2) is 0 Å². The molecule has 2 N–H and O–H groups in total. The number of nitrogens with zero attached hydrogens (tertiary/aromatic N) is 1. The Kier molecular flexibility index (Phi) is 7.21. The van der Waals surface area contributed by atoms with Crippen LogP contribution in [0.2, 0.25) is 0 Å². The third kappa shape index (κ3) is 5.64. The van der Waals surface area contributed by atoms with E-state index in [1.807, 2.05) is 19.2 Å². The molecular formula is C21H31N3O2. The molecule has 1 fully saturated rings. The Morgan fingerprint density at radius 3 is 3.00 bits per heavy atom. The lowest BCUT2D eigenvalue weighted by atomic mass is 9.82. The molecule has 1 amide bonds. The van der Waals surface area contributed by atoms with Crippen LogP contribution in [0.4, 0.5) is 0 Å². The summed E-state index contributed by atoms with van der Waals surface area (Å²) in [5, 5.41) is 6.77. The number of rotatable bonds is 7. The van der Waals surface area contributed by atoms with Crippen molar-refractivity contribution >= 4 is 5.91 Å². The van der Waals surface area contributed by atoms with Crippen LogP contribution in [0.3, 0.4) is 0 Å². The number of pyridine rings is 1. The second kappa shape index (κ2) is 9.83. The fourth-order valence-corrected chi connectivity index (χ4v) is 3.92. The van der Waals surface area contributed by atoms with E-state index in [9.17, 15) is 4.79 Å². The van der Waals surface area contributed by atoms with E-state index in [-0.39, 0.29) is 5.91 Å². The fraction of sp³-hybridized carbons (Fsp3) is 0.619. The molecule has 26 heavy (non-hydrogen) atoms. The summed E-state index contributed by atoms with van der Waals surface area (Å²) < 4.78 is 5.43. The van der Waals surface area contributed by atoms with Gasteiger partial charge < -0.3 is 15.4 Å².